The van der Waals surface area contributed by atoms with E-state index in [1.165, 1.54) is 11.3 Å². The molecule has 3 aromatic rings. The summed E-state index contributed by atoms with van der Waals surface area (Å²) in [7, 11) is 2.08. The molecule has 1 aliphatic heterocycles. The average molecular weight is 334 g/mol. The van der Waals surface area contributed by atoms with E-state index in [0.717, 1.165) is 49.5 Å². The van der Waals surface area contributed by atoms with Crippen molar-refractivity contribution >= 4 is 5.82 Å². The highest BCUT2D eigenvalue weighted by atomic mass is 15.3. The van der Waals surface area contributed by atoms with Crippen LogP contribution in [0.3, 0.4) is 0 Å². The Morgan fingerprint density at radius 3 is 2.84 bits per heavy atom. The van der Waals surface area contributed by atoms with Gasteiger partial charge in [0, 0.05) is 43.9 Å². The summed E-state index contributed by atoms with van der Waals surface area (Å²) < 4.78 is 1.91. The van der Waals surface area contributed by atoms with Gasteiger partial charge in [0.15, 0.2) is 0 Å². The topological polar surface area (TPSA) is 58.9 Å². The Morgan fingerprint density at radius 2 is 1.96 bits per heavy atom. The lowest BCUT2D eigenvalue weighted by Crippen LogP contribution is -2.21. The third kappa shape index (κ3) is 3.39. The summed E-state index contributed by atoms with van der Waals surface area (Å²) in [5.74, 6) is 1.03. The molecule has 1 aliphatic rings. The van der Waals surface area contributed by atoms with Gasteiger partial charge in [-0.1, -0.05) is 18.2 Å². The minimum Gasteiger partial charge on any atom is -0.355 e. The third-order valence-corrected chi connectivity index (χ3v) is 4.54. The molecule has 0 amide bonds. The summed E-state index contributed by atoms with van der Waals surface area (Å²) in [6.07, 6.45) is 7.62. The summed E-state index contributed by atoms with van der Waals surface area (Å²) in [5.41, 5.74) is 4.66. The molecule has 0 saturated heterocycles. The van der Waals surface area contributed by atoms with Crippen LogP contribution in [0.2, 0.25) is 0 Å². The van der Waals surface area contributed by atoms with Crippen LogP contribution in [0.5, 0.6) is 0 Å². The Morgan fingerprint density at radius 1 is 1.12 bits per heavy atom. The fraction of sp³-hybridized carbons (Fsp3) is 0.316. The average Bonchev–Trinajstić information content (AvgIpc) is 2.97. The van der Waals surface area contributed by atoms with Gasteiger partial charge in [-0.25, -0.2) is 14.6 Å². The number of hydrogen-bond acceptors (Lipinski definition) is 5. The molecule has 0 fully saturated rings. The van der Waals surface area contributed by atoms with Crippen LogP contribution in [0.1, 0.15) is 16.8 Å². The molecule has 4 rings (SSSR count). The molecule has 0 spiro atoms. The normalized spacial score (nSPS) is 14.0. The van der Waals surface area contributed by atoms with Gasteiger partial charge in [-0.3, -0.25) is 0 Å². The lowest BCUT2D eigenvalue weighted by atomic mass is 10.1. The second-order valence-corrected chi connectivity index (χ2v) is 6.36. The van der Waals surface area contributed by atoms with Gasteiger partial charge in [-0.2, -0.15) is 5.10 Å². The van der Waals surface area contributed by atoms with Gasteiger partial charge < -0.3 is 10.2 Å². The second kappa shape index (κ2) is 7.03. The Labute approximate surface area is 147 Å². The largest absolute Gasteiger partial charge is 0.355 e. The van der Waals surface area contributed by atoms with E-state index >= 15 is 0 Å². The zero-order valence-corrected chi connectivity index (χ0v) is 14.4. The van der Waals surface area contributed by atoms with E-state index in [1.54, 1.807) is 6.33 Å². The summed E-state index contributed by atoms with van der Waals surface area (Å²) in [6.45, 7) is 2.73. The van der Waals surface area contributed by atoms with Gasteiger partial charge >= 0.3 is 0 Å². The SMILES string of the molecule is CN(Cc1cnn(-c2ccccc2)c1)c1ncnc2c1CCNCC2. The highest BCUT2D eigenvalue weighted by Crippen LogP contribution is 2.22. The Bertz CT molecular complexity index is 842. The second-order valence-electron chi connectivity index (χ2n) is 6.36. The summed E-state index contributed by atoms with van der Waals surface area (Å²) in [4.78, 5) is 11.2. The molecule has 1 N–H and O–H groups in total. The molecule has 128 valence electrons. The predicted molar refractivity (Wildman–Crippen MR) is 98.0 cm³/mol. The van der Waals surface area contributed by atoms with Crippen molar-refractivity contribution < 1.29 is 0 Å². The highest BCUT2D eigenvalue weighted by Gasteiger charge is 2.17. The maximum Gasteiger partial charge on any atom is 0.135 e. The number of aromatic nitrogens is 4. The molecule has 1 aromatic carbocycles. The van der Waals surface area contributed by atoms with E-state index < -0.39 is 0 Å². The lowest BCUT2D eigenvalue weighted by Gasteiger charge is -2.21. The van der Waals surface area contributed by atoms with Crippen LogP contribution >= 0.6 is 0 Å². The van der Waals surface area contributed by atoms with E-state index in [0.29, 0.717) is 0 Å². The number of nitrogens with one attached hydrogen (secondary N) is 1. The smallest absolute Gasteiger partial charge is 0.135 e. The first-order chi connectivity index (χ1) is 12.3. The maximum absolute atomic E-state index is 4.55. The molecule has 0 atom stereocenters. The first-order valence-corrected chi connectivity index (χ1v) is 8.65. The number of anilines is 1. The van der Waals surface area contributed by atoms with Crippen LogP contribution in [0, 0.1) is 0 Å². The van der Waals surface area contributed by atoms with Crippen molar-refractivity contribution in [2.24, 2.45) is 0 Å². The van der Waals surface area contributed by atoms with Crippen molar-refractivity contribution in [2.45, 2.75) is 19.4 Å². The van der Waals surface area contributed by atoms with Crippen molar-refractivity contribution in [2.75, 3.05) is 25.0 Å². The molecule has 0 aliphatic carbocycles. The fourth-order valence-electron chi connectivity index (χ4n) is 3.30. The minimum absolute atomic E-state index is 0.768. The minimum atomic E-state index is 0.768. The van der Waals surface area contributed by atoms with E-state index in [2.05, 4.69) is 50.7 Å². The van der Waals surface area contributed by atoms with Crippen LogP contribution in [0.25, 0.3) is 5.69 Å². The highest BCUT2D eigenvalue weighted by molar-refractivity contribution is 5.49. The number of para-hydroxylation sites is 1. The number of benzene rings is 1. The summed E-state index contributed by atoms with van der Waals surface area (Å²) >= 11 is 0. The van der Waals surface area contributed by atoms with E-state index in [-0.39, 0.29) is 0 Å². The van der Waals surface area contributed by atoms with E-state index in [9.17, 15) is 0 Å². The molecule has 0 radical (unpaired) electrons. The van der Waals surface area contributed by atoms with Crippen molar-refractivity contribution in [1.29, 1.82) is 0 Å². The molecule has 25 heavy (non-hydrogen) atoms. The number of rotatable bonds is 4. The molecule has 2 aromatic heterocycles. The molecule has 0 bridgehead atoms. The maximum atomic E-state index is 4.55. The molecule has 3 heterocycles. The first kappa shape index (κ1) is 15.8. The van der Waals surface area contributed by atoms with Crippen molar-refractivity contribution in [1.82, 2.24) is 25.1 Å². The lowest BCUT2D eigenvalue weighted by molar-refractivity contribution is 0.708. The molecule has 0 unspecified atom stereocenters. The molecular weight excluding hydrogens is 312 g/mol. The molecular formula is C19H22N6. The van der Waals surface area contributed by atoms with Crippen LogP contribution in [-0.2, 0) is 19.4 Å². The molecule has 0 saturated carbocycles. The Balaban J connectivity index is 1.55. The van der Waals surface area contributed by atoms with Gasteiger partial charge in [-0.15, -0.1) is 0 Å². The van der Waals surface area contributed by atoms with Crippen LogP contribution < -0.4 is 10.2 Å². The van der Waals surface area contributed by atoms with Gasteiger partial charge in [0.2, 0.25) is 0 Å². The molecule has 6 nitrogen and oxygen atoms in total. The van der Waals surface area contributed by atoms with Crippen molar-refractivity contribution in [3.8, 4) is 5.69 Å². The monoisotopic (exact) mass is 334 g/mol. The zero-order valence-electron chi connectivity index (χ0n) is 14.4. The van der Waals surface area contributed by atoms with Crippen LogP contribution in [-0.4, -0.2) is 39.9 Å². The Hall–Kier alpha value is -2.73. The number of nitrogens with zero attached hydrogens (tertiary/aromatic N) is 5. The van der Waals surface area contributed by atoms with Gasteiger partial charge in [-0.05, 0) is 25.1 Å². The standard InChI is InChI=1S/C19H22N6/c1-24(19-17-7-9-20-10-8-18(17)21-14-22-19)12-15-11-23-25(13-15)16-5-3-2-4-6-16/h2-6,11,13-14,20H,7-10,12H2,1H3. The van der Waals surface area contributed by atoms with Crippen molar-refractivity contribution in [3.63, 3.8) is 0 Å². The van der Waals surface area contributed by atoms with Gasteiger partial charge in [0.25, 0.3) is 0 Å². The zero-order chi connectivity index (χ0) is 17.1. The summed E-state index contributed by atoms with van der Waals surface area (Å²) in [6, 6.07) is 10.2. The first-order valence-electron chi connectivity index (χ1n) is 8.65. The van der Waals surface area contributed by atoms with E-state index in [4.69, 9.17) is 0 Å². The fourth-order valence-corrected chi connectivity index (χ4v) is 3.30. The number of fused-ring (bicyclic) bond motifs is 1. The third-order valence-electron chi connectivity index (χ3n) is 4.54. The van der Waals surface area contributed by atoms with Crippen LogP contribution in [0.15, 0.2) is 49.1 Å². The van der Waals surface area contributed by atoms with Gasteiger partial charge in [0.1, 0.15) is 12.1 Å². The van der Waals surface area contributed by atoms with Gasteiger partial charge in [0.05, 0.1) is 17.6 Å². The predicted octanol–water partition coefficient (Wildman–Crippen LogP) is 1.99. The van der Waals surface area contributed by atoms with Crippen molar-refractivity contribution in [3.05, 3.63) is 65.9 Å². The van der Waals surface area contributed by atoms with E-state index in [1.807, 2.05) is 29.1 Å². The van der Waals surface area contributed by atoms with Crippen LogP contribution in [0.4, 0.5) is 5.82 Å². The quantitative estimate of drug-likeness (QED) is 0.791. The summed E-state index contributed by atoms with van der Waals surface area (Å²) in [5, 5.41) is 7.91. The number of hydrogen-bond donors (Lipinski definition) is 1. The Kier molecular flexibility index (Phi) is 4.43. The molecule has 6 heteroatoms.